The van der Waals surface area contributed by atoms with Crippen molar-refractivity contribution in [2.24, 2.45) is 23.7 Å². The van der Waals surface area contributed by atoms with Gasteiger partial charge in [-0.1, -0.05) is 306 Å². The van der Waals surface area contributed by atoms with Crippen LogP contribution in [0.25, 0.3) is 0 Å². The number of phosphoric acid groups is 2. The van der Waals surface area contributed by atoms with E-state index in [9.17, 15) is 43.2 Å². The molecule has 0 aliphatic rings. The Morgan fingerprint density at radius 1 is 0.308 bits per heavy atom. The van der Waals surface area contributed by atoms with Crippen molar-refractivity contribution in [1.29, 1.82) is 0 Å². The van der Waals surface area contributed by atoms with E-state index in [0.717, 1.165) is 114 Å². The topological polar surface area (TPSA) is 237 Å². The van der Waals surface area contributed by atoms with Gasteiger partial charge in [-0.3, -0.25) is 37.3 Å². The van der Waals surface area contributed by atoms with Crippen molar-refractivity contribution in [3.05, 3.63) is 0 Å². The number of carbonyl (C=O) groups is 4. The monoisotopic (exact) mass is 1340 g/mol. The van der Waals surface area contributed by atoms with Crippen LogP contribution in [0.5, 0.6) is 0 Å². The van der Waals surface area contributed by atoms with Gasteiger partial charge in [-0.2, -0.15) is 0 Å². The van der Waals surface area contributed by atoms with Crippen LogP contribution < -0.4 is 0 Å². The Bertz CT molecular complexity index is 1800. The summed E-state index contributed by atoms with van der Waals surface area (Å²) in [4.78, 5) is 72.6. The van der Waals surface area contributed by atoms with E-state index >= 15 is 0 Å². The van der Waals surface area contributed by atoms with Gasteiger partial charge in [0.2, 0.25) is 0 Å². The molecule has 0 aromatic rings. The zero-order valence-corrected chi connectivity index (χ0v) is 61.3. The smallest absolute Gasteiger partial charge is 0.462 e. The molecule has 6 atom stereocenters. The summed E-state index contributed by atoms with van der Waals surface area (Å²) >= 11 is 0. The summed E-state index contributed by atoms with van der Waals surface area (Å²) in [6.45, 7) is 14.1. The van der Waals surface area contributed by atoms with Crippen molar-refractivity contribution in [3.8, 4) is 0 Å². The van der Waals surface area contributed by atoms with Crippen molar-refractivity contribution < 1.29 is 80.2 Å². The van der Waals surface area contributed by atoms with Gasteiger partial charge in [0.1, 0.15) is 19.3 Å². The number of ether oxygens (including phenoxy) is 4. The first-order valence-electron chi connectivity index (χ1n) is 37.2. The third-order valence-corrected chi connectivity index (χ3v) is 18.8. The highest BCUT2D eigenvalue weighted by Crippen LogP contribution is 2.45. The van der Waals surface area contributed by atoms with Gasteiger partial charge in [-0.05, 0) is 49.4 Å². The molecule has 19 heteroatoms. The molecule has 0 spiro atoms. The largest absolute Gasteiger partial charge is 0.472 e. The van der Waals surface area contributed by atoms with E-state index in [1.54, 1.807) is 0 Å². The van der Waals surface area contributed by atoms with Crippen LogP contribution in [-0.2, 0) is 65.4 Å². The number of rotatable bonds is 69. The predicted molar refractivity (Wildman–Crippen MR) is 367 cm³/mol. The molecule has 0 amide bonds. The molecule has 17 nitrogen and oxygen atoms in total. The number of esters is 4. The molecule has 0 heterocycles. The van der Waals surface area contributed by atoms with Gasteiger partial charge in [0.25, 0.3) is 0 Å². The van der Waals surface area contributed by atoms with Crippen LogP contribution in [0.4, 0.5) is 0 Å². The minimum absolute atomic E-state index is 0.103. The minimum Gasteiger partial charge on any atom is -0.462 e. The fourth-order valence-electron chi connectivity index (χ4n) is 10.8. The van der Waals surface area contributed by atoms with E-state index in [1.807, 2.05) is 0 Å². The molecule has 0 saturated carbocycles. The Morgan fingerprint density at radius 2 is 0.527 bits per heavy atom. The van der Waals surface area contributed by atoms with E-state index in [2.05, 4.69) is 55.4 Å². The normalized spacial score (nSPS) is 14.5. The van der Waals surface area contributed by atoms with Crippen LogP contribution in [-0.4, -0.2) is 96.7 Å². The summed E-state index contributed by atoms with van der Waals surface area (Å²) in [5.41, 5.74) is 0. The molecule has 3 unspecified atom stereocenters. The lowest BCUT2D eigenvalue weighted by Gasteiger charge is -2.21. The Kier molecular flexibility index (Phi) is 60.3. The SMILES string of the molecule is CCC(C)CCCCCCCCCCCCC(=O)OC[C@H](COP(=O)(O)OC[C@@H](O)COP(=O)(O)OC[C@@H](COC(=O)CCCCCCCCC(C)C)OC(=O)CCCCCCCCCCC(C)C)OC(=O)CCCCCCCCCCCCCCCCC(C)C. The first kappa shape index (κ1) is 89.1. The molecular formula is C72H140O17P2. The first-order chi connectivity index (χ1) is 43.6. The van der Waals surface area contributed by atoms with E-state index in [0.29, 0.717) is 31.6 Å². The van der Waals surface area contributed by atoms with Crippen LogP contribution in [0.15, 0.2) is 0 Å². The lowest BCUT2D eigenvalue weighted by Crippen LogP contribution is -2.30. The summed E-state index contributed by atoms with van der Waals surface area (Å²) < 4.78 is 68.3. The predicted octanol–water partition coefficient (Wildman–Crippen LogP) is 20.5. The van der Waals surface area contributed by atoms with Crippen molar-refractivity contribution in [3.63, 3.8) is 0 Å². The van der Waals surface area contributed by atoms with Crippen molar-refractivity contribution in [1.82, 2.24) is 0 Å². The van der Waals surface area contributed by atoms with Crippen LogP contribution >= 0.6 is 15.6 Å². The Morgan fingerprint density at radius 3 is 0.780 bits per heavy atom. The summed E-state index contributed by atoms with van der Waals surface area (Å²) in [7, 11) is -9.90. The van der Waals surface area contributed by atoms with Gasteiger partial charge in [0, 0.05) is 25.7 Å². The van der Waals surface area contributed by atoms with Gasteiger partial charge < -0.3 is 33.8 Å². The summed E-state index contributed by atoms with van der Waals surface area (Å²) in [6, 6.07) is 0. The average Bonchev–Trinajstić information content (AvgIpc) is 3.68. The number of unbranched alkanes of at least 4 members (excludes halogenated alkanes) is 34. The molecule has 3 N–H and O–H groups in total. The fraction of sp³-hybridized carbons (Fsp3) is 0.944. The maximum Gasteiger partial charge on any atom is 0.472 e. The van der Waals surface area contributed by atoms with Crippen molar-refractivity contribution >= 4 is 39.5 Å². The molecule has 0 rings (SSSR count). The zero-order valence-electron chi connectivity index (χ0n) is 59.5. The average molecular weight is 1340 g/mol. The molecule has 0 aliphatic heterocycles. The number of phosphoric ester groups is 2. The molecule has 0 aromatic heterocycles. The van der Waals surface area contributed by atoms with E-state index in [4.69, 9.17) is 37.0 Å². The van der Waals surface area contributed by atoms with Gasteiger partial charge >= 0.3 is 39.5 Å². The van der Waals surface area contributed by atoms with Gasteiger partial charge in [0.05, 0.1) is 26.4 Å². The van der Waals surface area contributed by atoms with Gasteiger partial charge in [-0.25, -0.2) is 9.13 Å². The number of aliphatic hydroxyl groups excluding tert-OH is 1. The minimum atomic E-state index is -4.96. The van der Waals surface area contributed by atoms with E-state index < -0.39 is 97.5 Å². The molecule has 0 bridgehead atoms. The Labute approximate surface area is 556 Å². The molecule has 0 aliphatic carbocycles. The van der Waals surface area contributed by atoms with E-state index in [1.165, 1.54) is 154 Å². The van der Waals surface area contributed by atoms with Gasteiger partial charge in [0.15, 0.2) is 12.2 Å². The number of carbonyl (C=O) groups excluding carboxylic acids is 4. The fourth-order valence-corrected chi connectivity index (χ4v) is 12.4. The number of hydrogen-bond donors (Lipinski definition) is 3. The Balaban J connectivity index is 5.24. The third kappa shape index (κ3) is 65.1. The third-order valence-electron chi connectivity index (χ3n) is 16.9. The number of aliphatic hydroxyl groups is 1. The maximum absolute atomic E-state index is 13.0. The molecule has 0 radical (unpaired) electrons. The second-order valence-electron chi connectivity index (χ2n) is 27.6. The van der Waals surface area contributed by atoms with Crippen LogP contribution in [0.3, 0.4) is 0 Å². The standard InChI is InChI=1S/C72H140O17P2/c1-9-65(8)51-43-35-26-19-16-17-20-27-36-44-52-69(74)82-58-67(88-71(76)54-46-38-28-21-15-13-11-10-12-14-18-24-32-40-48-62(2)3)60-86-90(78,79)84-56-66(73)57-85-91(80,81)87-61-68(59-83-70(75)53-45-37-31-30-34-42-50-64(6)7)89-72(77)55-47-39-29-23-22-25-33-41-49-63(4)5/h62-68,73H,9-61H2,1-8H3,(H,78,79)(H,80,81)/t65?,66-,67-,68-/m1/s1. The van der Waals surface area contributed by atoms with Gasteiger partial charge in [-0.15, -0.1) is 0 Å². The Hall–Kier alpha value is -1.94. The molecule has 0 fully saturated rings. The number of hydrogen-bond acceptors (Lipinski definition) is 15. The molecular weight excluding hydrogens is 1200 g/mol. The second-order valence-corrected chi connectivity index (χ2v) is 30.6. The lowest BCUT2D eigenvalue weighted by molar-refractivity contribution is -0.161. The van der Waals surface area contributed by atoms with Crippen molar-refractivity contribution in [2.45, 2.75) is 375 Å². The molecule has 0 aromatic carbocycles. The van der Waals surface area contributed by atoms with Crippen LogP contribution in [0, 0.1) is 23.7 Å². The van der Waals surface area contributed by atoms with Crippen LogP contribution in [0.1, 0.15) is 357 Å². The van der Waals surface area contributed by atoms with Crippen LogP contribution in [0.2, 0.25) is 0 Å². The zero-order chi connectivity index (χ0) is 67.5. The van der Waals surface area contributed by atoms with E-state index in [-0.39, 0.29) is 25.7 Å². The maximum atomic E-state index is 13.0. The quantitative estimate of drug-likeness (QED) is 0.0222. The first-order valence-corrected chi connectivity index (χ1v) is 40.2. The summed E-state index contributed by atoms with van der Waals surface area (Å²) in [5.74, 6) is 0.873. The van der Waals surface area contributed by atoms with Crippen molar-refractivity contribution in [2.75, 3.05) is 39.6 Å². The molecule has 0 saturated heterocycles. The highest BCUT2D eigenvalue weighted by molar-refractivity contribution is 7.47. The summed E-state index contributed by atoms with van der Waals surface area (Å²) in [5, 5.41) is 10.6. The second kappa shape index (κ2) is 61.6. The highest BCUT2D eigenvalue weighted by Gasteiger charge is 2.30. The molecule has 91 heavy (non-hydrogen) atoms. The lowest BCUT2D eigenvalue weighted by atomic mass is 9.99. The highest BCUT2D eigenvalue weighted by atomic mass is 31.2. The summed E-state index contributed by atoms with van der Waals surface area (Å²) in [6.07, 6.45) is 44.6. The molecule has 540 valence electrons.